The number of benzene rings is 4. The number of hydrogen-bond acceptors (Lipinski definition) is 2. The molecular formula is C39H43Cl2FN2ORu. The summed E-state index contributed by atoms with van der Waals surface area (Å²) in [6, 6.07) is 29.0. The summed E-state index contributed by atoms with van der Waals surface area (Å²) in [6.07, 6.45) is 5.59. The fourth-order valence-corrected chi connectivity index (χ4v) is 7.99. The Morgan fingerprint density at radius 1 is 0.826 bits per heavy atom. The van der Waals surface area contributed by atoms with Crippen LogP contribution in [0.3, 0.4) is 0 Å². The van der Waals surface area contributed by atoms with Crippen molar-refractivity contribution in [3.63, 3.8) is 0 Å². The Morgan fingerprint density at radius 2 is 1.46 bits per heavy atom. The van der Waals surface area contributed by atoms with Crippen molar-refractivity contribution in [2.75, 3.05) is 4.90 Å². The van der Waals surface area contributed by atoms with E-state index in [4.69, 9.17) is 19.4 Å². The quantitative estimate of drug-likeness (QED) is 0.107. The van der Waals surface area contributed by atoms with Crippen LogP contribution in [-0.4, -0.2) is 26.4 Å². The molecule has 0 bridgehead atoms. The summed E-state index contributed by atoms with van der Waals surface area (Å²) < 4.78 is 21.5. The van der Waals surface area contributed by atoms with Gasteiger partial charge in [-0.1, -0.05) is 88.4 Å². The summed E-state index contributed by atoms with van der Waals surface area (Å²) >= 11 is -1.75. The first-order chi connectivity index (χ1) is 22.1. The number of nitrogens with zero attached hydrogens (tertiary/aromatic N) is 2. The van der Waals surface area contributed by atoms with Gasteiger partial charge in [-0.2, -0.15) is 0 Å². The molecule has 1 saturated heterocycles. The van der Waals surface area contributed by atoms with Gasteiger partial charge in [0.05, 0.1) is 12.0 Å². The van der Waals surface area contributed by atoms with Crippen LogP contribution in [-0.2, 0) is 13.5 Å². The minimum absolute atomic E-state index is 0.117. The zero-order valence-corrected chi connectivity index (χ0v) is 30.4. The fraction of sp³-hybridized carbons (Fsp3) is 0.282. The summed E-state index contributed by atoms with van der Waals surface area (Å²) in [4.78, 5) is 4.48. The first-order valence-corrected chi connectivity index (χ1v) is 21.2. The summed E-state index contributed by atoms with van der Waals surface area (Å²) in [6.45, 7) is 15.1. The molecule has 7 heteroatoms. The average molecular weight is 747 g/mol. The molecule has 244 valence electrons. The molecule has 0 aromatic heterocycles. The van der Waals surface area contributed by atoms with Gasteiger partial charge < -0.3 is 9.80 Å². The zero-order valence-electron chi connectivity index (χ0n) is 27.2. The number of aliphatic hydroxyl groups is 1. The van der Waals surface area contributed by atoms with Gasteiger partial charge in [0, 0.05) is 5.69 Å². The number of para-hydroxylation sites is 2. The third-order valence-electron chi connectivity index (χ3n) is 8.19. The Morgan fingerprint density at radius 3 is 2.13 bits per heavy atom. The number of halogens is 3. The molecule has 4 aromatic rings. The van der Waals surface area contributed by atoms with Gasteiger partial charge >= 0.3 is 97.8 Å². The minimum Gasteiger partial charge on any atom is -0.498 e. The predicted molar refractivity (Wildman–Crippen MR) is 192 cm³/mol. The molecule has 2 heterocycles. The molecule has 2 atom stereocenters. The molecular weight excluding hydrogens is 703 g/mol. The van der Waals surface area contributed by atoms with Crippen molar-refractivity contribution in [1.29, 1.82) is 0 Å². The summed E-state index contributed by atoms with van der Waals surface area (Å²) in [7, 11) is 11.7. The largest absolute Gasteiger partial charge is 0.498 e. The van der Waals surface area contributed by atoms with Crippen molar-refractivity contribution >= 4 is 40.5 Å². The summed E-state index contributed by atoms with van der Waals surface area (Å²) in [5.41, 5.74) is 6.04. The van der Waals surface area contributed by atoms with Gasteiger partial charge in [-0.3, -0.25) is 0 Å². The van der Waals surface area contributed by atoms with Crippen LogP contribution in [0.5, 0.6) is 5.75 Å². The molecule has 46 heavy (non-hydrogen) atoms. The van der Waals surface area contributed by atoms with E-state index in [9.17, 15) is 0 Å². The Balaban J connectivity index is 0.000000251. The molecule has 1 N–H and O–H groups in total. The second-order valence-electron chi connectivity index (χ2n) is 12.5. The van der Waals surface area contributed by atoms with Crippen LogP contribution in [0.2, 0.25) is 0 Å². The molecule has 6 rings (SSSR count). The van der Waals surface area contributed by atoms with Crippen LogP contribution >= 0.6 is 19.4 Å². The summed E-state index contributed by atoms with van der Waals surface area (Å²) in [5.74, 6) is 1.58. The molecule has 0 radical (unpaired) electrons. The van der Waals surface area contributed by atoms with Gasteiger partial charge in [-0.05, 0) is 63.7 Å². The van der Waals surface area contributed by atoms with Gasteiger partial charge in [0.25, 0.3) is 0 Å². The average Bonchev–Trinajstić information content (AvgIpc) is 3.41. The van der Waals surface area contributed by atoms with Gasteiger partial charge in [-0.15, -0.1) is 0 Å². The number of fused-ring (bicyclic) bond motifs is 2. The molecule has 0 spiro atoms. The Labute approximate surface area is 286 Å². The van der Waals surface area contributed by atoms with Crippen molar-refractivity contribution < 1.29 is 22.6 Å². The monoisotopic (exact) mass is 746 g/mol. The van der Waals surface area contributed by atoms with Crippen molar-refractivity contribution in [1.82, 2.24) is 4.90 Å². The number of anilines is 1. The first-order valence-electron chi connectivity index (χ1n) is 15.7. The molecule has 0 amide bonds. The van der Waals surface area contributed by atoms with E-state index in [-0.39, 0.29) is 18.1 Å². The van der Waals surface area contributed by atoms with E-state index in [2.05, 4.69) is 109 Å². The molecule has 0 saturated carbocycles. The second-order valence-corrected chi connectivity index (χ2v) is 18.2. The molecule has 2 aliphatic rings. The van der Waals surface area contributed by atoms with E-state index in [1.54, 1.807) is 6.08 Å². The number of ether oxygens (including phenoxy) is 1. The molecule has 3 nitrogen and oxygen atoms in total. The molecule has 2 unspecified atom stereocenters. The van der Waals surface area contributed by atoms with Crippen molar-refractivity contribution in [2.45, 2.75) is 71.7 Å². The molecule has 1 fully saturated rings. The zero-order chi connectivity index (χ0) is 33.0. The van der Waals surface area contributed by atoms with E-state index in [1.807, 2.05) is 55.0 Å². The van der Waals surface area contributed by atoms with Crippen LogP contribution in [0.25, 0.3) is 10.8 Å². The van der Waals surface area contributed by atoms with E-state index >= 15 is 4.39 Å². The predicted octanol–water partition coefficient (Wildman–Crippen LogP) is 11.2. The number of rotatable bonds is 7. The van der Waals surface area contributed by atoms with Crippen LogP contribution in [0.1, 0.15) is 81.8 Å². The smallest absolute Gasteiger partial charge is 0.0990 e. The third-order valence-corrected chi connectivity index (χ3v) is 10.0. The van der Waals surface area contributed by atoms with E-state index < -0.39 is 19.6 Å². The Hall–Kier alpha value is -2.98. The minimum atomic E-state index is -1.75. The number of hydrogen-bond donors (Lipinski definition) is 0. The topological polar surface area (TPSA) is 19.3 Å². The van der Waals surface area contributed by atoms with Crippen molar-refractivity contribution in [3.8, 4) is 5.75 Å². The van der Waals surface area contributed by atoms with Crippen LogP contribution in [0.4, 0.5) is 10.1 Å². The van der Waals surface area contributed by atoms with Crippen LogP contribution in [0.15, 0.2) is 109 Å². The van der Waals surface area contributed by atoms with E-state index in [1.165, 1.54) is 33.2 Å². The summed E-state index contributed by atoms with van der Waals surface area (Å²) in [5, 5.41) is 2.40. The van der Waals surface area contributed by atoms with Gasteiger partial charge in [0.2, 0.25) is 0 Å². The fourth-order valence-electron chi connectivity index (χ4n) is 6.17. The van der Waals surface area contributed by atoms with Crippen molar-refractivity contribution in [2.24, 2.45) is 0 Å². The SMILES string of the molecule is CC(C)[OH+]c1ccccc1[CH]=[Ru]([Cl])[Cl].CC(C)c1cccc(C(C)C)c1N1[CH-]C2C(F)=CC=CN2C1c1cccc2ccccc12. The standard InChI is InChI=1S/C29H30FN2.C10H12O.2ClH.Ru/c1-19(2)22-13-8-14-23(20(3)4)28(22)32-18-27-26(30)16-9-17-31(27)29(32)25-15-7-11-21-10-5-6-12-24(21)25;1-8(2)11-10-7-5-4-6-9(10)3;;;/h5-20,27,29H,1-4H3;3-8H,1-2H3;2*1H;/q-1;;;;+2/p-1. The molecule has 2 aliphatic heterocycles. The Kier molecular flexibility index (Phi) is 11.4. The number of aromatic hydroxyl groups is 1. The second kappa shape index (κ2) is 15.3. The third kappa shape index (κ3) is 7.59. The maximum Gasteiger partial charge on any atom is 0.0990 e. The van der Waals surface area contributed by atoms with Crippen molar-refractivity contribution in [3.05, 3.63) is 138 Å². The maximum atomic E-state index is 15.1. The Bertz CT molecular complexity index is 1730. The van der Waals surface area contributed by atoms with Gasteiger partial charge in [-0.25, -0.2) is 10.9 Å². The van der Waals surface area contributed by atoms with Gasteiger partial charge in [0.1, 0.15) is 0 Å². The first kappa shape index (κ1) is 34.4. The number of allylic oxidation sites excluding steroid dienone is 2. The van der Waals surface area contributed by atoms with E-state index in [0.717, 1.165) is 11.3 Å². The molecule has 4 aromatic carbocycles. The van der Waals surface area contributed by atoms with Gasteiger partial charge in [0.15, 0.2) is 0 Å². The van der Waals surface area contributed by atoms with Crippen LogP contribution < -0.4 is 4.90 Å². The van der Waals surface area contributed by atoms with Crippen LogP contribution in [0, 0.1) is 6.54 Å². The maximum absolute atomic E-state index is 15.1. The normalized spacial score (nSPS) is 17.7. The van der Waals surface area contributed by atoms with E-state index in [0.29, 0.717) is 11.8 Å². The molecule has 0 aliphatic carbocycles.